The number of rotatable bonds is 4. The van der Waals surface area contributed by atoms with Crippen molar-refractivity contribution in [1.29, 1.82) is 0 Å². The second-order valence-corrected chi connectivity index (χ2v) is 5.92. The van der Waals surface area contributed by atoms with Crippen LogP contribution in [-0.2, 0) is 0 Å². The number of carbonyl (C=O) groups excluding carboxylic acids is 1. The van der Waals surface area contributed by atoms with Crippen molar-refractivity contribution in [3.8, 4) is 28.7 Å². The second-order valence-electron chi connectivity index (χ2n) is 5.52. The lowest BCUT2D eigenvalue weighted by Crippen LogP contribution is -2.20. The quantitative estimate of drug-likeness (QED) is 0.819. The van der Waals surface area contributed by atoms with E-state index in [1.54, 1.807) is 24.3 Å². The van der Waals surface area contributed by atoms with Gasteiger partial charge in [-0.25, -0.2) is 0 Å². The lowest BCUT2D eigenvalue weighted by molar-refractivity contribution is 0.0996. The van der Waals surface area contributed by atoms with Crippen molar-refractivity contribution in [2.24, 2.45) is 0 Å². The summed E-state index contributed by atoms with van der Waals surface area (Å²) >= 11 is 5.82. The van der Waals surface area contributed by atoms with Gasteiger partial charge in [0, 0.05) is 11.6 Å². The van der Waals surface area contributed by atoms with E-state index in [4.69, 9.17) is 30.5 Å². The monoisotopic (exact) mass is 376 g/mol. The summed E-state index contributed by atoms with van der Waals surface area (Å²) in [5.74, 6) is 1.02. The number of benzene rings is 2. The van der Waals surface area contributed by atoms with E-state index in [0.717, 1.165) is 0 Å². The van der Waals surface area contributed by atoms with E-state index < -0.39 is 0 Å². The van der Waals surface area contributed by atoms with E-state index in [2.05, 4.69) is 0 Å². The average Bonchev–Trinajstić information content (AvgIpc) is 2.65. The van der Waals surface area contributed by atoms with Gasteiger partial charge in [0.25, 0.3) is 0 Å². The van der Waals surface area contributed by atoms with Crippen molar-refractivity contribution in [2.75, 3.05) is 27.9 Å². The zero-order valence-corrected chi connectivity index (χ0v) is 15.2. The minimum absolute atomic E-state index is 0.0606. The Labute approximate surface area is 155 Å². The third kappa shape index (κ3) is 3.04. The molecular formula is C19H17ClO6. The molecule has 0 atom stereocenters. The second kappa shape index (κ2) is 7.17. The Morgan fingerprint density at radius 1 is 1.12 bits per heavy atom. The predicted octanol–water partition coefficient (Wildman–Crippen LogP) is 3.73. The lowest BCUT2D eigenvalue weighted by atomic mass is 9.96. The molecule has 0 spiro atoms. The van der Waals surface area contributed by atoms with Gasteiger partial charge >= 0.3 is 0 Å². The SMILES string of the molecule is COc1cc2c(c(OC)c1OC)C(=O)/C(=C/c1ccc(Cl)c(O)c1)CO2. The van der Waals surface area contributed by atoms with Crippen LogP contribution in [0.15, 0.2) is 29.8 Å². The Morgan fingerprint density at radius 2 is 1.85 bits per heavy atom. The maximum absolute atomic E-state index is 13.0. The highest BCUT2D eigenvalue weighted by Crippen LogP contribution is 2.47. The van der Waals surface area contributed by atoms with Crippen LogP contribution in [-0.4, -0.2) is 38.8 Å². The molecule has 1 N–H and O–H groups in total. The fourth-order valence-electron chi connectivity index (χ4n) is 2.77. The molecule has 0 aliphatic carbocycles. The molecule has 2 aromatic carbocycles. The molecule has 136 valence electrons. The third-order valence-corrected chi connectivity index (χ3v) is 4.33. The van der Waals surface area contributed by atoms with Crippen molar-refractivity contribution in [3.63, 3.8) is 0 Å². The van der Waals surface area contributed by atoms with Crippen LogP contribution in [0.2, 0.25) is 5.02 Å². The summed E-state index contributed by atoms with van der Waals surface area (Å²) in [4.78, 5) is 13.0. The van der Waals surface area contributed by atoms with Crippen molar-refractivity contribution in [1.82, 2.24) is 0 Å². The summed E-state index contributed by atoms with van der Waals surface area (Å²) in [6.45, 7) is 0.0772. The molecule has 1 heterocycles. The molecule has 26 heavy (non-hydrogen) atoms. The number of methoxy groups -OCH3 is 3. The molecule has 1 aliphatic heterocycles. The van der Waals surface area contributed by atoms with Crippen LogP contribution >= 0.6 is 11.6 Å². The number of hydrogen-bond donors (Lipinski definition) is 1. The first-order valence-corrected chi connectivity index (χ1v) is 8.07. The largest absolute Gasteiger partial charge is 0.506 e. The molecule has 2 aromatic rings. The van der Waals surface area contributed by atoms with Crippen LogP contribution in [0.5, 0.6) is 28.7 Å². The van der Waals surface area contributed by atoms with Crippen LogP contribution in [0.25, 0.3) is 6.08 Å². The van der Waals surface area contributed by atoms with Gasteiger partial charge < -0.3 is 24.1 Å². The van der Waals surface area contributed by atoms with Crippen LogP contribution in [0.4, 0.5) is 0 Å². The zero-order chi connectivity index (χ0) is 18.8. The smallest absolute Gasteiger partial charge is 0.204 e. The van der Waals surface area contributed by atoms with Gasteiger partial charge in [-0.05, 0) is 23.8 Å². The van der Waals surface area contributed by atoms with E-state index in [1.807, 2.05) is 0 Å². The first-order chi connectivity index (χ1) is 12.5. The molecule has 0 amide bonds. The van der Waals surface area contributed by atoms with E-state index in [9.17, 15) is 9.90 Å². The molecule has 0 radical (unpaired) electrons. The molecule has 0 saturated carbocycles. The molecule has 0 saturated heterocycles. The Hall–Kier alpha value is -2.86. The first kappa shape index (κ1) is 17.9. The highest BCUT2D eigenvalue weighted by atomic mass is 35.5. The zero-order valence-electron chi connectivity index (χ0n) is 14.5. The summed E-state index contributed by atoms with van der Waals surface area (Å²) in [6.07, 6.45) is 1.64. The molecule has 0 unspecified atom stereocenters. The predicted molar refractivity (Wildman–Crippen MR) is 97.0 cm³/mol. The number of Topliss-reactive ketones (excluding diaryl/α,β-unsaturated/α-hetero) is 1. The average molecular weight is 377 g/mol. The molecule has 6 nitrogen and oxygen atoms in total. The van der Waals surface area contributed by atoms with E-state index in [0.29, 0.717) is 28.4 Å². The van der Waals surface area contributed by atoms with Crippen LogP contribution in [0, 0.1) is 0 Å². The Kier molecular flexibility index (Phi) is 4.95. The van der Waals surface area contributed by atoms with Gasteiger partial charge in [0.05, 0.1) is 26.4 Å². The van der Waals surface area contributed by atoms with Gasteiger partial charge in [-0.15, -0.1) is 0 Å². The number of aromatic hydroxyl groups is 1. The summed E-state index contributed by atoms with van der Waals surface area (Å²) in [7, 11) is 4.40. The van der Waals surface area contributed by atoms with Gasteiger partial charge in [0.15, 0.2) is 17.3 Å². The maximum atomic E-state index is 13.0. The highest BCUT2D eigenvalue weighted by molar-refractivity contribution is 6.32. The summed E-state index contributed by atoms with van der Waals surface area (Å²) < 4.78 is 21.7. The number of ketones is 1. The maximum Gasteiger partial charge on any atom is 0.204 e. The summed E-state index contributed by atoms with van der Waals surface area (Å²) in [6, 6.07) is 6.33. The third-order valence-electron chi connectivity index (χ3n) is 4.01. The standard InChI is InChI=1S/C19H17ClO6/c1-23-15-8-14-16(19(25-3)18(15)24-2)17(22)11(9-26-14)6-10-4-5-12(20)13(21)7-10/h4-8,21H,9H2,1-3H3/b11-6+. The lowest BCUT2D eigenvalue weighted by Gasteiger charge is -2.23. The van der Waals surface area contributed by atoms with Gasteiger partial charge in [-0.1, -0.05) is 17.7 Å². The van der Waals surface area contributed by atoms with Crippen molar-refractivity contribution >= 4 is 23.5 Å². The number of phenols is 1. The molecule has 1 aliphatic rings. The van der Waals surface area contributed by atoms with Crippen molar-refractivity contribution < 1.29 is 28.8 Å². The molecular weight excluding hydrogens is 360 g/mol. The van der Waals surface area contributed by atoms with Crippen LogP contribution in [0.1, 0.15) is 15.9 Å². The molecule has 0 aromatic heterocycles. The number of fused-ring (bicyclic) bond motifs is 1. The van der Waals surface area contributed by atoms with Crippen LogP contribution < -0.4 is 18.9 Å². The number of hydrogen-bond acceptors (Lipinski definition) is 6. The van der Waals surface area contributed by atoms with Gasteiger partial charge in [-0.3, -0.25) is 4.79 Å². The molecule has 0 fully saturated rings. The normalized spacial score (nSPS) is 14.6. The van der Waals surface area contributed by atoms with E-state index in [1.165, 1.54) is 27.4 Å². The van der Waals surface area contributed by atoms with Crippen molar-refractivity contribution in [2.45, 2.75) is 0 Å². The van der Waals surface area contributed by atoms with Gasteiger partial charge in [0.2, 0.25) is 5.75 Å². The van der Waals surface area contributed by atoms with Crippen molar-refractivity contribution in [3.05, 3.63) is 46.0 Å². The molecule has 7 heteroatoms. The molecule has 0 bridgehead atoms. The first-order valence-electron chi connectivity index (χ1n) is 7.69. The topological polar surface area (TPSA) is 74.2 Å². The van der Waals surface area contributed by atoms with E-state index in [-0.39, 0.29) is 34.5 Å². The minimum Gasteiger partial charge on any atom is -0.506 e. The summed E-state index contributed by atoms with van der Waals surface area (Å²) in [5, 5.41) is 9.97. The number of carbonyl (C=O) groups is 1. The molecule has 3 rings (SSSR count). The summed E-state index contributed by atoms with van der Waals surface area (Å²) in [5.41, 5.74) is 1.30. The van der Waals surface area contributed by atoms with Gasteiger partial charge in [0.1, 0.15) is 23.7 Å². The Balaban J connectivity index is 2.09. The highest BCUT2D eigenvalue weighted by Gasteiger charge is 2.32. The number of ether oxygens (including phenoxy) is 4. The van der Waals surface area contributed by atoms with E-state index >= 15 is 0 Å². The van der Waals surface area contributed by atoms with Crippen LogP contribution in [0.3, 0.4) is 0 Å². The Morgan fingerprint density at radius 3 is 2.46 bits per heavy atom. The Bertz CT molecular complexity index is 903. The fourth-order valence-corrected chi connectivity index (χ4v) is 2.89. The fraction of sp³-hybridized carbons (Fsp3) is 0.211. The van der Waals surface area contributed by atoms with Gasteiger partial charge in [-0.2, -0.15) is 0 Å². The minimum atomic E-state index is -0.251. The number of halogens is 1. The number of phenolic OH excluding ortho intramolecular Hbond substituents is 1.